The van der Waals surface area contributed by atoms with Crippen molar-refractivity contribution < 1.29 is 23.8 Å². The fourth-order valence-electron chi connectivity index (χ4n) is 1.18. The monoisotopic (exact) mass is 244 g/mol. The normalized spacial score (nSPS) is 16.0. The van der Waals surface area contributed by atoms with Gasteiger partial charge in [0.15, 0.2) is 0 Å². The van der Waals surface area contributed by atoms with Crippen molar-refractivity contribution in [3.63, 3.8) is 0 Å². The van der Waals surface area contributed by atoms with Gasteiger partial charge in [-0.25, -0.2) is 9.59 Å². The first-order valence-corrected chi connectivity index (χ1v) is 5.21. The molecule has 17 heavy (non-hydrogen) atoms. The molecule has 2 amide bonds. The van der Waals surface area contributed by atoms with Gasteiger partial charge in [-0.05, 0) is 0 Å². The van der Waals surface area contributed by atoms with Gasteiger partial charge in [0.05, 0.1) is 25.8 Å². The van der Waals surface area contributed by atoms with E-state index in [4.69, 9.17) is 9.47 Å². The number of urea groups is 1. The van der Waals surface area contributed by atoms with Gasteiger partial charge in [0.25, 0.3) is 0 Å². The molecule has 0 aromatic heterocycles. The summed E-state index contributed by atoms with van der Waals surface area (Å²) in [6, 6.07) is -0.502. The molecule has 0 bridgehead atoms. The first kappa shape index (κ1) is 13.5. The second-order valence-corrected chi connectivity index (χ2v) is 3.33. The van der Waals surface area contributed by atoms with Crippen molar-refractivity contribution in [2.24, 2.45) is 0 Å². The number of esters is 1. The third-order valence-electron chi connectivity index (χ3n) is 1.94. The minimum Gasteiger partial charge on any atom is -0.461 e. The van der Waals surface area contributed by atoms with Crippen LogP contribution in [0.5, 0.6) is 0 Å². The molecule has 0 atom stereocenters. The van der Waals surface area contributed by atoms with Crippen LogP contribution < -0.4 is 10.6 Å². The number of carbonyl (C=O) groups excluding carboxylic acids is 2. The van der Waals surface area contributed by atoms with Crippen LogP contribution in [0, 0.1) is 0 Å². The maximum atomic E-state index is 11.3. The maximum Gasteiger partial charge on any atom is 0.330 e. The Hall–Kier alpha value is -1.60. The Morgan fingerprint density at radius 1 is 1.41 bits per heavy atom. The highest BCUT2D eigenvalue weighted by Crippen LogP contribution is 1.95. The minimum absolute atomic E-state index is 0.107. The standard InChI is InChI=1S/C10H16N2O5/c1-2-9(13)17-4-3-11-10(14)12-8-5-15-7-16-6-8/h2,8H,1,3-7H2,(H2,11,12,14). The Morgan fingerprint density at radius 2 is 2.12 bits per heavy atom. The van der Waals surface area contributed by atoms with Crippen LogP contribution in [0.25, 0.3) is 0 Å². The summed E-state index contributed by atoms with van der Waals surface area (Å²) >= 11 is 0. The van der Waals surface area contributed by atoms with Crippen LogP contribution in [0.3, 0.4) is 0 Å². The number of hydrogen-bond acceptors (Lipinski definition) is 5. The van der Waals surface area contributed by atoms with Crippen LogP contribution in [0.4, 0.5) is 4.79 Å². The van der Waals surface area contributed by atoms with Gasteiger partial charge in [-0.2, -0.15) is 0 Å². The zero-order valence-electron chi connectivity index (χ0n) is 9.44. The molecule has 1 rings (SSSR count). The Kier molecular flexibility index (Phi) is 6.05. The third-order valence-corrected chi connectivity index (χ3v) is 1.94. The molecule has 1 aliphatic rings. The minimum atomic E-state index is -0.513. The Balaban J connectivity index is 2.04. The molecule has 0 aliphatic carbocycles. The van der Waals surface area contributed by atoms with Crippen molar-refractivity contribution in [1.82, 2.24) is 10.6 Å². The Bertz CT molecular complexity index is 276. The van der Waals surface area contributed by atoms with E-state index >= 15 is 0 Å². The van der Waals surface area contributed by atoms with E-state index in [-0.39, 0.29) is 32.0 Å². The van der Waals surface area contributed by atoms with Gasteiger partial charge in [-0.15, -0.1) is 0 Å². The zero-order valence-corrected chi connectivity index (χ0v) is 9.44. The van der Waals surface area contributed by atoms with Crippen LogP contribution in [0.15, 0.2) is 12.7 Å². The van der Waals surface area contributed by atoms with E-state index in [2.05, 4.69) is 21.9 Å². The lowest BCUT2D eigenvalue weighted by Gasteiger charge is -2.23. The third kappa shape index (κ3) is 5.88. The van der Waals surface area contributed by atoms with E-state index in [1.54, 1.807) is 0 Å². The van der Waals surface area contributed by atoms with Crippen LogP contribution in [-0.4, -0.2) is 51.2 Å². The predicted octanol–water partition coefficient (Wildman–Crippen LogP) is -0.612. The summed E-state index contributed by atoms with van der Waals surface area (Å²) in [6.07, 6.45) is 1.07. The molecule has 0 unspecified atom stereocenters. The SMILES string of the molecule is C=CC(=O)OCCNC(=O)NC1COCOC1. The van der Waals surface area contributed by atoms with Crippen LogP contribution >= 0.6 is 0 Å². The average molecular weight is 244 g/mol. The highest BCUT2D eigenvalue weighted by Gasteiger charge is 2.16. The van der Waals surface area contributed by atoms with Gasteiger partial charge in [0.1, 0.15) is 13.4 Å². The Labute approximate surface area is 99.1 Å². The molecular weight excluding hydrogens is 228 g/mol. The summed E-state index contributed by atoms with van der Waals surface area (Å²) in [5.74, 6) is -0.513. The number of nitrogens with one attached hydrogen (secondary N) is 2. The van der Waals surface area contributed by atoms with E-state index < -0.39 is 5.97 Å². The zero-order chi connectivity index (χ0) is 12.5. The van der Waals surface area contributed by atoms with Gasteiger partial charge >= 0.3 is 12.0 Å². The molecule has 1 aliphatic heterocycles. The van der Waals surface area contributed by atoms with Gasteiger partial charge < -0.3 is 24.8 Å². The highest BCUT2D eigenvalue weighted by molar-refractivity contribution is 5.81. The molecule has 0 aromatic rings. The quantitative estimate of drug-likeness (QED) is 0.383. The van der Waals surface area contributed by atoms with E-state index in [1.165, 1.54) is 0 Å². The van der Waals surface area contributed by atoms with E-state index in [9.17, 15) is 9.59 Å². The van der Waals surface area contributed by atoms with Crippen molar-refractivity contribution in [3.8, 4) is 0 Å². The molecule has 0 aromatic carbocycles. The van der Waals surface area contributed by atoms with Crippen LogP contribution in [0.2, 0.25) is 0 Å². The Morgan fingerprint density at radius 3 is 2.76 bits per heavy atom. The van der Waals surface area contributed by atoms with Gasteiger partial charge in [-0.3, -0.25) is 0 Å². The fraction of sp³-hybridized carbons (Fsp3) is 0.600. The van der Waals surface area contributed by atoms with Crippen molar-refractivity contribution in [1.29, 1.82) is 0 Å². The molecule has 0 spiro atoms. The molecule has 1 fully saturated rings. The number of rotatable bonds is 5. The van der Waals surface area contributed by atoms with Crippen LogP contribution in [-0.2, 0) is 19.0 Å². The smallest absolute Gasteiger partial charge is 0.330 e. The van der Waals surface area contributed by atoms with Crippen LogP contribution in [0.1, 0.15) is 0 Å². The second kappa shape index (κ2) is 7.64. The topological polar surface area (TPSA) is 85.9 Å². The van der Waals surface area contributed by atoms with Gasteiger partial charge in [0.2, 0.25) is 0 Å². The first-order valence-electron chi connectivity index (χ1n) is 5.21. The number of carbonyl (C=O) groups is 2. The molecule has 7 heteroatoms. The van der Waals surface area contributed by atoms with Crippen molar-refractivity contribution in [2.75, 3.05) is 33.2 Å². The molecular formula is C10H16N2O5. The van der Waals surface area contributed by atoms with E-state index in [1.807, 2.05) is 0 Å². The van der Waals surface area contributed by atoms with E-state index in [0.717, 1.165) is 6.08 Å². The molecule has 96 valence electrons. The first-order chi connectivity index (χ1) is 8.22. The summed E-state index contributed by atoms with van der Waals surface area (Å²) in [5, 5.41) is 5.20. The molecule has 0 saturated carbocycles. The summed E-state index contributed by atoms with van der Waals surface area (Å²) in [7, 11) is 0. The highest BCUT2D eigenvalue weighted by atomic mass is 16.7. The molecule has 2 N–H and O–H groups in total. The summed E-state index contributed by atoms with van der Waals surface area (Å²) in [6.45, 7) is 4.71. The summed E-state index contributed by atoms with van der Waals surface area (Å²) in [5.41, 5.74) is 0. The number of ether oxygens (including phenoxy) is 3. The molecule has 7 nitrogen and oxygen atoms in total. The second-order valence-electron chi connectivity index (χ2n) is 3.33. The molecule has 1 saturated heterocycles. The molecule has 1 heterocycles. The summed E-state index contributed by atoms with van der Waals surface area (Å²) < 4.78 is 14.7. The average Bonchev–Trinajstić information content (AvgIpc) is 2.35. The lowest BCUT2D eigenvalue weighted by atomic mass is 10.3. The fourth-order valence-corrected chi connectivity index (χ4v) is 1.18. The van der Waals surface area contributed by atoms with Crippen molar-refractivity contribution in [3.05, 3.63) is 12.7 Å². The molecule has 0 radical (unpaired) electrons. The summed E-state index contributed by atoms with van der Waals surface area (Å²) in [4.78, 5) is 22.0. The van der Waals surface area contributed by atoms with Gasteiger partial charge in [-0.1, -0.05) is 6.58 Å². The maximum absolute atomic E-state index is 11.3. The predicted molar refractivity (Wildman–Crippen MR) is 58.2 cm³/mol. The lowest BCUT2D eigenvalue weighted by Crippen LogP contribution is -2.49. The number of amides is 2. The van der Waals surface area contributed by atoms with Crippen molar-refractivity contribution >= 4 is 12.0 Å². The van der Waals surface area contributed by atoms with Gasteiger partial charge in [0, 0.05) is 6.08 Å². The largest absolute Gasteiger partial charge is 0.461 e. The van der Waals surface area contributed by atoms with Crippen molar-refractivity contribution in [2.45, 2.75) is 6.04 Å². The lowest BCUT2D eigenvalue weighted by molar-refractivity contribution is -0.137. The van der Waals surface area contributed by atoms with E-state index in [0.29, 0.717) is 13.2 Å². The number of hydrogen-bond donors (Lipinski definition) is 2.